The monoisotopic (exact) mass is 356 g/mol. The van der Waals surface area contributed by atoms with Gasteiger partial charge in [0.1, 0.15) is 10.3 Å². The minimum absolute atomic E-state index is 0.0518. The standard InChI is InChI=1S/C16H12N4O2S2/c1-19-15(22)14-11(5-7-23-14)18-16(19)24-9-10-8-13(21)20-6-3-2-4-12(20)17-10/h2-8H,9H2,1H3. The zero-order valence-corrected chi connectivity index (χ0v) is 14.3. The third-order valence-electron chi connectivity index (χ3n) is 3.62. The molecule has 8 heteroatoms. The highest BCUT2D eigenvalue weighted by molar-refractivity contribution is 7.98. The second kappa shape index (κ2) is 5.88. The van der Waals surface area contributed by atoms with Crippen LogP contribution in [0, 0.1) is 0 Å². The van der Waals surface area contributed by atoms with Crippen molar-refractivity contribution in [2.45, 2.75) is 10.9 Å². The van der Waals surface area contributed by atoms with Crippen LogP contribution in [-0.4, -0.2) is 18.9 Å². The van der Waals surface area contributed by atoms with Crippen LogP contribution in [0.25, 0.3) is 15.9 Å². The molecule has 0 atom stereocenters. The summed E-state index contributed by atoms with van der Waals surface area (Å²) in [6.45, 7) is 0. The number of aromatic nitrogens is 4. The second-order valence-corrected chi connectivity index (χ2v) is 7.06. The molecular formula is C16H12N4O2S2. The van der Waals surface area contributed by atoms with Gasteiger partial charge in [-0.1, -0.05) is 17.8 Å². The molecular weight excluding hydrogens is 344 g/mol. The first-order valence-electron chi connectivity index (χ1n) is 7.18. The van der Waals surface area contributed by atoms with Gasteiger partial charge in [0.25, 0.3) is 11.1 Å². The molecule has 4 rings (SSSR count). The molecule has 0 saturated heterocycles. The molecule has 6 nitrogen and oxygen atoms in total. The lowest BCUT2D eigenvalue weighted by Gasteiger charge is -2.07. The van der Waals surface area contributed by atoms with Crippen LogP contribution in [0.15, 0.2) is 56.7 Å². The molecule has 120 valence electrons. The summed E-state index contributed by atoms with van der Waals surface area (Å²) in [6.07, 6.45) is 1.69. The number of fused-ring (bicyclic) bond motifs is 2. The predicted octanol–water partition coefficient (Wildman–Crippen LogP) is 2.30. The van der Waals surface area contributed by atoms with Gasteiger partial charge >= 0.3 is 0 Å². The first kappa shape index (κ1) is 15.1. The molecule has 0 spiro atoms. The largest absolute Gasteiger partial charge is 0.290 e. The molecule has 4 heterocycles. The normalized spacial score (nSPS) is 11.4. The van der Waals surface area contributed by atoms with Gasteiger partial charge in [0.2, 0.25) is 0 Å². The van der Waals surface area contributed by atoms with E-state index in [0.29, 0.717) is 32.5 Å². The molecule has 0 aliphatic heterocycles. The Morgan fingerprint density at radius 3 is 2.96 bits per heavy atom. The summed E-state index contributed by atoms with van der Waals surface area (Å²) in [5, 5.41) is 2.47. The first-order valence-corrected chi connectivity index (χ1v) is 9.04. The Bertz CT molecular complexity index is 1180. The van der Waals surface area contributed by atoms with E-state index in [2.05, 4.69) is 9.97 Å². The summed E-state index contributed by atoms with van der Waals surface area (Å²) in [5.41, 5.74) is 1.80. The first-order chi connectivity index (χ1) is 11.6. The maximum absolute atomic E-state index is 12.3. The summed E-state index contributed by atoms with van der Waals surface area (Å²) in [4.78, 5) is 33.4. The molecule has 24 heavy (non-hydrogen) atoms. The molecule has 4 aromatic rings. The number of rotatable bonds is 3. The van der Waals surface area contributed by atoms with Gasteiger partial charge < -0.3 is 0 Å². The van der Waals surface area contributed by atoms with E-state index in [1.807, 2.05) is 17.5 Å². The van der Waals surface area contributed by atoms with E-state index in [1.165, 1.54) is 38.1 Å². The molecule has 0 aliphatic carbocycles. The van der Waals surface area contributed by atoms with Crippen molar-refractivity contribution in [1.82, 2.24) is 18.9 Å². The molecule has 0 aliphatic rings. The Morgan fingerprint density at radius 1 is 1.21 bits per heavy atom. The highest BCUT2D eigenvalue weighted by Crippen LogP contribution is 2.22. The lowest BCUT2D eigenvalue weighted by molar-refractivity contribution is 0.727. The SMILES string of the molecule is Cn1c(SCc2cc(=O)n3ccccc3n2)nc2ccsc2c1=O. The molecule has 0 amide bonds. The highest BCUT2D eigenvalue weighted by atomic mass is 32.2. The maximum Gasteiger partial charge on any atom is 0.271 e. The fraction of sp³-hybridized carbons (Fsp3) is 0.125. The zero-order valence-electron chi connectivity index (χ0n) is 12.7. The number of hydrogen-bond acceptors (Lipinski definition) is 6. The average molecular weight is 356 g/mol. The second-order valence-electron chi connectivity index (χ2n) is 5.20. The molecule has 0 bridgehead atoms. The third-order valence-corrected chi connectivity index (χ3v) is 5.57. The van der Waals surface area contributed by atoms with Crippen molar-refractivity contribution in [3.8, 4) is 0 Å². The topological polar surface area (TPSA) is 69.3 Å². The summed E-state index contributed by atoms with van der Waals surface area (Å²) in [5.74, 6) is 0.469. The summed E-state index contributed by atoms with van der Waals surface area (Å²) in [6, 6.07) is 8.78. The smallest absolute Gasteiger partial charge is 0.271 e. The van der Waals surface area contributed by atoms with Gasteiger partial charge in [-0.3, -0.25) is 18.6 Å². The van der Waals surface area contributed by atoms with Crippen LogP contribution in [-0.2, 0) is 12.8 Å². The Hall–Kier alpha value is -2.45. The van der Waals surface area contributed by atoms with Crippen molar-refractivity contribution in [2.75, 3.05) is 0 Å². The fourth-order valence-electron chi connectivity index (χ4n) is 2.41. The van der Waals surface area contributed by atoms with Crippen molar-refractivity contribution in [2.24, 2.45) is 7.05 Å². The molecule has 0 aromatic carbocycles. The Morgan fingerprint density at radius 2 is 2.08 bits per heavy atom. The van der Waals surface area contributed by atoms with E-state index in [4.69, 9.17) is 0 Å². The molecule has 0 N–H and O–H groups in total. The van der Waals surface area contributed by atoms with Gasteiger partial charge in [-0.25, -0.2) is 9.97 Å². The minimum atomic E-state index is -0.119. The number of pyridine rings is 1. The van der Waals surface area contributed by atoms with Gasteiger partial charge in [0.05, 0.1) is 11.2 Å². The fourth-order valence-corrected chi connectivity index (χ4v) is 4.08. The summed E-state index contributed by atoms with van der Waals surface area (Å²) < 4.78 is 3.70. The Balaban J connectivity index is 1.69. The van der Waals surface area contributed by atoms with Crippen LogP contribution < -0.4 is 11.1 Å². The van der Waals surface area contributed by atoms with Gasteiger partial charge in [0, 0.05) is 25.1 Å². The quantitative estimate of drug-likeness (QED) is 0.416. The third kappa shape index (κ3) is 2.53. The van der Waals surface area contributed by atoms with Crippen LogP contribution in [0.1, 0.15) is 5.69 Å². The zero-order chi connectivity index (χ0) is 16.7. The van der Waals surface area contributed by atoms with Crippen LogP contribution >= 0.6 is 23.1 Å². The molecule has 0 fully saturated rings. The minimum Gasteiger partial charge on any atom is -0.290 e. The predicted molar refractivity (Wildman–Crippen MR) is 95.9 cm³/mol. The van der Waals surface area contributed by atoms with E-state index in [0.717, 1.165) is 0 Å². The molecule has 0 unspecified atom stereocenters. The van der Waals surface area contributed by atoms with Crippen molar-refractivity contribution < 1.29 is 0 Å². The van der Waals surface area contributed by atoms with Crippen molar-refractivity contribution >= 4 is 39.0 Å². The van der Waals surface area contributed by atoms with E-state index < -0.39 is 0 Å². The highest BCUT2D eigenvalue weighted by Gasteiger charge is 2.11. The average Bonchev–Trinajstić information content (AvgIpc) is 3.05. The Labute approximate surface area is 144 Å². The Kier molecular flexibility index (Phi) is 3.70. The van der Waals surface area contributed by atoms with Crippen LogP contribution in [0.5, 0.6) is 0 Å². The number of thiophene rings is 1. The van der Waals surface area contributed by atoms with E-state index in [-0.39, 0.29) is 11.1 Å². The van der Waals surface area contributed by atoms with Crippen molar-refractivity contribution in [3.05, 3.63) is 68.3 Å². The molecule has 0 saturated carbocycles. The van der Waals surface area contributed by atoms with Crippen LogP contribution in [0.3, 0.4) is 0 Å². The maximum atomic E-state index is 12.3. The summed E-state index contributed by atoms with van der Waals surface area (Å²) in [7, 11) is 1.71. The summed E-state index contributed by atoms with van der Waals surface area (Å²) >= 11 is 2.79. The van der Waals surface area contributed by atoms with Gasteiger partial charge in [-0.2, -0.15) is 0 Å². The molecule has 0 radical (unpaired) electrons. The number of hydrogen-bond donors (Lipinski definition) is 0. The van der Waals surface area contributed by atoms with Gasteiger partial charge in [-0.15, -0.1) is 11.3 Å². The lowest BCUT2D eigenvalue weighted by atomic mass is 10.4. The number of nitrogens with zero attached hydrogens (tertiary/aromatic N) is 4. The van der Waals surface area contributed by atoms with Crippen LogP contribution in [0.2, 0.25) is 0 Å². The van der Waals surface area contributed by atoms with Crippen molar-refractivity contribution in [3.63, 3.8) is 0 Å². The van der Waals surface area contributed by atoms with Gasteiger partial charge in [0.15, 0.2) is 5.16 Å². The van der Waals surface area contributed by atoms with E-state index in [9.17, 15) is 9.59 Å². The van der Waals surface area contributed by atoms with Crippen molar-refractivity contribution in [1.29, 1.82) is 0 Å². The number of thioether (sulfide) groups is 1. The van der Waals surface area contributed by atoms with E-state index >= 15 is 0 Å². The van der Waals surface area contributed by atoms with Gasteiger partial charge in [-0.05, 0) is 23.6 Å². The molecule has 4 aromatic heterocycles. The van der Waals surface area contributed by atoms with E-state index in [1.54, 1.807) is 25.4 Å². The van der Waals surface area contributed by atoms with Crippen LogP contribution in [0.4, 0.5) is 0 Å². The lowest BCUT2D eigenvalue weighted by Crippen LogP contribution is -2.19.